The summed E-state index contributed by atoms with van der Waals surface area (Å²) in [5.41, 5.74) is 1.90. The molecule has 3 nitrogen and oxygen atoms in total. The number of nitrogens with zero attached hydrogens (tertiary/aromatic N) is 2. The van der Waals surface area contributed by atoms with Crippen molar-refractivity contribution in [3.05, 3.63) is 18.2 Å². The highest BCUT2D eigenvalue weighted by molar-refractivity contribution is 5.18. The van der Waals surface area contributed by atoms with Crippen molar-refractivity contribution in [1.82, 2.24) is 14.9 Å². The second kappa shape index (κ2) is 4.13. The van der Waals surface area contributed by atoms with Gasteiger partial charge in [-0.2, -0.15) is 0 Å². The van der Waals surface area contributed by atoms with Gasteiger partial charge < -0.3 is 9.88 Å². The first-order valence-electron chi connectivity index (χ1n) is 6.64. The molecule has 0 atom stereocenters. The lowest BCUT2D eigenvalue weighted by Crippen LogP contribution is -2.13. The smallest absolute Gasteiger partial charge is 0.0952 e. The average molecular weight is 235 g/mol. The summed E-state index contributed by atoms with van der Waals surface area (Å²) in [7, 11) is 0. The third-order valence-corrected chi connectivity index (χ3v) is 4.63. The fraction of sp³-hybridized carbons (Fsp3) is 0.786. The molecule has 1 aliphatic carbocycles. The molecular weight excluding hydrogens is 210 g/mol. The van der Waals surface area contributed by atoms with Crippen molar-refractivity contribution in [2.45, 2.75) is 53.6 Å². The van der Waals surface area contributed by atoms with Gasteiger partial charge in [-0.15, -0.1) is 0 Å². The Labute approximate surface area is 105 Å². The lowest BCUT2D eigenvalue weighted by atomic mass is 10.0. The number of hydrogen-bond donors (Lipinski definition) is 1. The van der Waals surface area contributed by atoms with E-state index in [0.717, 1.165) is 18.8 Å². The maximum atomic E-state index is 4.48. The molecule has 0 spiro atoms. The van der Waals surface area contributed by atoms with E-state index in [0.29, 0.717) is 16.9 Å². The first-order valence-corrected chi connectivity index (χ1v) is 6.64. The molecule has 0 bridgehead atoms. The van der Waals surface area contributed by atoms with Crippen molar-refractivity contribution in [3.8, 4) is 0 Å². The highest BCUT2D eigenvalue weighted by Gasteiger charge is 2.65. The number of nitrogens with one attached hydrogen (secondary N) is 1. The predicted molar refractivity (Wildman–Crippen MR) is 70.8 cm³/mol. The van der Waals surface area contributed by atoms with E-state index in [9.17, 15) is 0 Å². The molecule has 0 radical (unpaired) electrons. The largest absolute Gasteiger partial charge is 0.333 e. The number of rotatable bonds is 5. The fourth-order valence-corrected chi connectivity index (χ4v) is 2.91. The normalized spacial score (nSPS) is 21.7. The van der Waals surface area contributed by atoms with Gasteiger partial charge in [-0.05, 0) is 23.8 Å². The van der Waals surface area contributed by atoms with Crippen LogP contribution in [-0.2, 0) is 6.54 Å². The summed E-state index contributed by atoms with van der Waals surface area (Å²) < 4.78 is 2.29. The molecule has 1 aromatic heterocycles. The van der Waals surface area contributed by atoms with E-state index in [-0.39, 0.29) is 0 Å². The topological polar surface area (TPSA) is 29.9 Å². The van der Waals surface area contributed by atoms with Gasteiger partial charge in [0.1, 0.15) is 0 Å². The molecule has 96 valence electrons. The summed E-state index contributed by atoms with van der Waals surface area (Å²) in [4.78, 5) is 4.48. The summed E-state index contributed by atoms with van der Waals surface area (Å²) >= 11 is 0. The van der Waals surface area contributed by atoms with E-state index in [4.69, 9.17) is 0 Å². The Morgan fingerprint density at radius 2 is 1.94 bits per heavy atom. The Morgan fingerprint density at radius 3 is 2.47 bits per heavy atom. The molecule has 0 aliphatic heterocycles. The zero-order valence-corrected chi connectivity index (χ0v) is 11.7. The lowest BCUT2D eigenvalue weighted by Gasteiger charge is -2.03. The molecule has 1 N–H and O–H groups in total. The third-order valence-electron chi connectivity index (χ3n) is 4.63. The van der Waals surface area contributed by atoms with Crippen molar-refractivity contribution in [2.24, 2.45) is 10.8 Å². The van der Waals surface area contributed by atoms with Gasteiger partial charge in [0.15, 0.2) is 0 Å². The number of hydrogen-bond acceptors (Lipinski definition) is 2. The van der Waals surface area contributed by atoms with Gasteiger partial charge >= 0.3 is 0 Å². The Bertz CT molecular complexity index is 376. The lowest BCUT2D eigenvalue weighted by molar-refractivity contribution is 0.457. The molecular formula is C14H25N3. The maximum absolute atomic E-state index is 4.48. The minimum atomic E-state index is 0.377. The monoisotopic (exact) mass is 235 g/mol. The van der Waals surface area contributed by atoms with Gasteiger partial charge in [0.25, 0.3) is 0 Å². The molecule has 0 amide bonds. The minimum absolute atomic E-state index is 0.377. The van der Waals surface area contributed by atoms with Crippen LogP contribution in [0.4, 0.5) is 0 Å². The molecule has 1 aliphatic rings. The Hall–Kier alpha value is -0.830. The summed E-state index contributed by atoms with van der Waals surface area (Å²) in [5.74, 6) is 0. The van der Waals surface area contributed by atoms with Crippen LogP contribution in [-0.4, -0.2) is 16.1 Å². The first kappa shape index (κ1) is 12.6. The molecule has 1 fully saturated rings. The van der Waals surface area contributed by atoms with E-state index in [1.54, 1.807) is 0 Å². The van der Waals surface area contributed by atoms with Gasteiger partial charge in [0.05, 0.1) is 12.0 Å². The van der Waals surface area contributed by atoms with Gasteiger partial charge in [-0.1, -0.05) is 34.6 Å². The predicted octanol–water partition coefficient (Wildman–Crippen LogP) is 2.99. The van der Waals surface area contributed by atoms with E-state index < -0.39 is 0 Å². The second-order valence-electron chi connectivity index (χ2n) is 6.33. The van der Waals surface area contributed by atoms with E-state index in [1.165, 1.54) is 6.42 Å². The average Bonchev–Trinajstić information content (AvgIpc) is 2.60. The minimum Gasteiger partial charge on any atom is -0.333 e. The van der Waals surface area contributed by atoms with Gasteiger partial charge in [-0.25, -0.2) is 4.98 Å². The SMILES string of the molecule is CCCNCc1cn(C2C(C)(C)C2(C)C)cn1. The van der Waals surface area contributed by atoms with Crippen molar-refractivity contribution < 1.29 is 0 Å². The summed E-state index contributed by atoms with van der Waals surface area (Å²) in [6, 6.07) is 0.586. The molecule has 17 heavy (non-hydrogen) atoms. The first-order chi connectivity index (χ1) is 7.91. The third kappa shape index (κ3) is 2.01. The highest BCUT2D eigenvalue weighted by Crippen LogP contribution is 2.71. The standard InChI is InChI=1S/C14H25N3/c1-6-7-15-8-11-9-17(10-16-11)12-13(2,3)14(12,4)5/h9-10,12,15H,6-8H2,1-5H3. The van der Waals surface area contributed by atoms with Crippen LogP contribution in [0.5, 0.6) is 0 Å². The maximum Gasteiger partial charge on any atom is 0.0952 e. The summed E-state index contributed by atoms with van der Waals surface area (Å²) in [6.07, 6.45) is 5.36. The van der Waals surface area contributed by atoms with Crippen LogP contribution in [0, 0.1) is 10.8 Å². The van der Waals surface area contributed by atoms with E-state index in [2.05, 4.69) is 55.7 Å². The van der Waals surface area contributed by atoms with Crippen molar-refractivity contribution in [2.75, 3.05) is 6.54 Å². The molecule has 0 saturated heterocycles. The molecule has 1 aromatic rings. The van der Waals surface area contributed by atoms with Crippen molar-refractivity contribution in [1.29, 1.82) is 0 Å². The van der Waals surface area contributed by atoms with Crippen molar-refractivity contribution in [3.63, 3.8) is 0 Å². The van der Waals surface area contributed by atoms with E-state index >= 15 is 0 Å². The molecule has 1 saturated carbocycles. The van der Waals surface area contributed by atoms with Crippen molar-refractivity contribution >= 4 is 0 Å². The van der Waals surface area contributed by atoms with Crippen LogP contribution >= 0.6 is 0 Å². The fourth-order valence-electron chi connectivity index (χ4n) is 2.91. The second-order valence-corrected chi connectivity index (χ2v) is 6.33. The Morgan fingerprint density at radius 1 is 1.29 bits per heavy atom. The summed E-state index contributed by atoms with van der Waals surface area (Å²) in [5, 5.41) is 3.39. The van der Waals surface area contributed by atoms with Crippen LogP contribution in [0.1, 0.15) is 52.8 Å². The molecule has 0 aromatic carbocycles. The van der Waals surface area contributed by atoms with Gasteiger partial charge in [0, 0.05) is 18.8 Å². The van der Waals surface area contributed by atoms with Crippen LogP contribution in [0.25, 0.3) is 0 Å². The Balaban J connectivity index is 2.00. The molecule has 0 unspecified atom stereocenters. The van der Waals surface area contributed by atoms with Gasteiger partial charge in [-0.3, -0.25) is 0 Å². The number of imidazole rings is 1. The highest BCUT2D eigenvalue weighted by atomic mass is 15.1. The summed E-state index contributed by atoms with van der Waals surface area (Å²) in [6.45, 7) is 13.5. The Kier molecular flexibility index (Phi) is 3.06. The molecule has 2 rings (SSSR count). The van der Waals surface area contributed by atoms with Crippen LogP contribution in [0.15, 0.2) is 12.5 Å². The number of aromatic nitrogens is 2. The van der Waals surface area contributed by atoms with Crippen LogP contribution in [0.2, 0.25) is 0 Å². The zero-order valence-electron chi connectivity index (χ0n) is 11.7. The zero-order chi connectivity index (χ0) is 12.7. The van der Waals surface area contributed by atoms with E-state index in [1.807, 2.05) is 6.33 Å². The van der Waals surface area contributed by atoms with Crippen LogP contribution in [0.3, 0.4) is 0 Å². The van der Waals surface area contributed by atoms with Gasteiger partial charge in [0.2, 0.25) is 0 Å². The van der Waals surface area contributed by atoms with Crippen LogP contribution < -0.4 is 5.32 Å². The molecule has 1 heterocycles. The quantitative estimate of drug-likeness (QED) is 0.795. The molecule has 3 heteroatoms.